The molecule has 1 saturated carbocycles. The second kappa shape index (κ2) is 7.98. The Morgan fingerprint density at radius 1 is 1.29 bits per heavy atom. The summed E-state index contributed by atoms with van der Waals surface area (Å²) in [5.74, 6) is -1.13. The Hall–Kier alpha value is -1.60. The number of carboxylic acid groups (broad SMARTS) is 1. The maximum absolute atomic E-state index is 12.4. The predicted octanol–water partition coefficient (Wildman–Crippen LogP) is 3.21. The van der Waals surface area contributed by atoms with E-state index in [1.54, 1.807) is 13.0 Å². The number of carbonyl (C=O) groups is 1. The molecule has 7 heteroatoms. The van der Waals surface area contributed by atoms with Crippen molar-refractivity contribution in [1.82, 2.24) is 4.72 Å². The standard InChI is InChI=1S/C17H26N2O4S/c1-3-12(2)19-24(22,23)14-9-10-16(15(11-14)17(20)21)18-13-7-5-4-6-8-13/h9-13,18-19H,3-8H2,1-2H3,(H,20,21)/t12-/m0/s1. The van der Waals surface area contributed by atoms with Gasteiger partial charge >= 0.3 is 5.97 Å². The van der Waals surface area contributed by atoms with Crippen LogP contribution >= 0.6 is 0 Å². The topological polar surface area (TPSA) is 95.5 Å². The van der Waals surface area contributed by atoms with Gasteiger partial charge in [0.25, 0.3) is 0 Å². The van der Waals surface area contributed by atoms with Gasteiger partial charge in [-0.25, -0.2) is 17.9 Å². The van der Waals surface area contributed by atoms with Crippen LogP contribution in [-0.2, 0) is 10.0 Å². The highest BCUT2D eigenvalue weighted by Gasteiger charge is 2.22. The Kier molecular flexibility index (Phi) is 6.23. The molecule has 0 spiro atoms. The van der Waals surface area contributed by atoms with Crippen LogP contribution in [0.5, 0.6) is 0 Å². The maximum Gasteiger partial charge on any atom is 0.337 e. The van der Waals surface area contributed by atoms with Crippen LogP contribution in [-0.4, -0.2) is 31.6 Å². The first kappa shape index (κ1) is 18.7. The van der Waals surface area contributed by atoms with Crippen LogP contribution in [0, 0.1) is 0 Å². The number of benzene rings is 1. The van der Waals surface area contributed by atoms with Crippen LogP contribution in [0.1, 0.15) is 62.7 Å². The van der Waals surface area contributed by atoms with Crippen LogP contribution in [0.3, 0.4) is 0 Å². The lowest BCUT2D eigenvalue weighted by Crippen LogP contribution is -2.32. The lowest BCUT2D eigenvalue weighted by Gasteiger charge is -2.25. The van der Waals surface area contributed by atoms with Gasteiger partial charge < -0.3 is 10.4 Å². The molecule has 1 fully saturated rings. The normalized spacial score (nSPS) is 17.4. The van der Waals surface area contributed by atoms with Gasteiger partial charge in [0, 0.05) is 17.8 Å². The Balaban J connectivity index is 2.27. The highest BCUT2D eigenvalue weighted by atomic mass is 32.2. The van der Waals surface area contributed by atoms with Gasteiger partial charge in [0.05, 0.1) is 10.5 Å². The van der Waals surface area contributed by atoms with Crippen molar-refractivity contribution in [3.63, 3.8) is 0 Å². The number of hydrogen-bond donors (Lipinski definition) is 3. The minimum absolute atomic E-state index is 0.00685. The monoisotopic (exact) mass is 354 g/mol. The Bertz CT molecular complexity index is 682. The van der Waals surface area contributed by atoms with E-state index in [2.05, 4.69) is 10.0 Å². The van der Waals surface area contributed by atoms with E-state index in [0.717, 1.165) is 25.7 Å². The summed E-state index contributed by atoms with van der Waals surface area (Å²) in [4.78, 5) is 11.5. The minimum atomic E-state index is -3.72. The van der Waals surface area contributed by atoms with Crippen molar-refractivity contribution in [1.29, 1.82) is 0 Å². The van der Waals surface area contributed by atoms with Crippen LogP contribution < -0.4 is 10.0 Å². The molecule has 0 saturated heterocycles. The Morgan fingerprint density at radius 2 is 1.96 bits per heavy atom. The molecule has 0 aromatic heterocycles. The fourth-order valence-corrected chi connectivity index (χ4v) is 4.23. The second-order valence-corrected chi connectivity index (χ2v) is 8.14. The van der Waals surface area contributed by atoms with Gasteiger partial charge in [0.1, 0.15) is 0 Å². The average Bonchev–Trinajstić information content (AvgIpc) is 2.55. The molecule has 24 heavy (non-hydrogen) atoms. The highest BCUT2D eigenvalue weighted by Crippen LogP contribution is 2.26. The molecule has 3 N–H and O–H groups in total. The number of anilines is 1. The van der Waals surface area contributed by atoms with Crippen LogP contribution in [0.15, 0.2) is 23.1 Å². The van der Waals surface area contributed by atoms with Gasteiger partial charge in [-0.1, -0.05) is 26.2 Å². The third-order valence-electron chi connectivity index (χ3n) is 4.47. The summed E-state index contributed by atoms with van der Waals surface area (Å²) in [5, 5.41) is 12.7. The fraction of sp³-hybridized carbons (Fsp3) is 0.588. The number of sulfonamides is 1. The molecule has 2 rings (SSSR count). The van der Waals surface area contributed by atoms with E-state index in [4.69, 9.17) is 0 Å². The van der Waals surface area contributed by atoms with Gasteiger partial charge in [0.15, 0.2) is 0 Å². The smallest absolute Gasteiger partial charge is 0.337 e. The first-order valence-corrected chi connectivity index (χ1v) is 9.98. The minimum Gasteiger partial charge on any atom is -0.478 e. The molecule has 6 nitrogen and oxygen atoms in total. The average molecular weight is 354 g/mol. The third kappa shape index (κ3) is 4.70. The molecule has 1 atom stereocenters. The quantitative estimate of drug-likeness (QED) is 0.699. The van der Waals surface area contributed by atoms with Gasteiger partial charge in [0.2, 0.25) is 10.0 Å². The van der Waals surface area contributed by atoms with E-state index in [9.17, 15) is 18.3 Å². The lowest BCUT2D eigenvalue weighted by molar-refractivity contribution is 0.0697. The van der Waals surface area contributed by atoms with Gasteiger partial charge in [-0.15, -0.1) is 0 Å². The summed E-state index contributed by atoms with van der Waals surface area (Å²) >= 11 is 0. The summed E-state index contributed by atoms with van der Waals surface area (Å²) in [6, 6.07) is 4.30. The molecule has 0 aliphatic heterocycles. The first-order valence-electron chi connectivity index (χ1n) is 8.49. The molecule has 1 aliphatic rings. The molecule has 0 unspecified atom stereocenters. The second-order valence-electron chi connectivity index (χ2n) is 6.42. The summed E-state index contributed by atoms with van der Waals surface area (Å²) in [6.45, 7) is 3.65. The summed E-state index contributed by atoms with van der Waals surface area (Å²) in [7, 11) is -3.72. The predicted molar refractivity (Wildman–Crippen MR) is 94.0 cm³/mol. The van der Waals surface area contributed by atoms with Crippen LogP contribution in [0.25, 0.3) is 0 Å². The van der Waals surface area contributed by atoms with Crippen LogP contribution in [0.4, 0.5) is 5.69 Å². The molecular formula is C17H26N2O4S. The summed E-state index contributed by atoms with van der Waals surface area (Å²) in [5.41, 5.74) is 0.476. The van der Waals surface area contributed by atoms with E-state index >= 15 is 0 Å². The molecule has 0 heterocycles. The van der Waals surface area contributed by atoms with Crippen molar-refractivity contribution in [2.45, 2.75) is 69.4 Å². The molecule has 0 amide bonds. The van der Waals surface area contributed by atoms with Crippen molar-refractivity contribution in [2.24, 2.45) is 0 Å². The zero-order chi connectivity index (χ0) is 17.7. The Labute approximate surface area is 143 Å². The number of carboxylic acids is 1. The number of hydrogen-bond acceptors (Lipinski definition) is 4. The van der Waals surface area contributed by atoms with Gasteiger partial charge in [-0.2, -0.15) is 0 Å². The molecule has 1 aromatic rings. The SMILES string of the molecule is CC[C@H](C)NS(=O)(=O)c1ccc(NC2CCCCC2)c(C(=O)O)c1. The zero-order valence-corrected chi connectivity index (χ0v) is 15.0. The van der Waals surface area contributed by atoms with Crippen LogP contribution in [0.2, 0.25) is 0 Å². The molecule has 134 valence electrons. The van der Waals surface area contributed by atoms with Crippen molar-refractivity contribution >= 4 is 21.7 Å². The van der Waals surface area contributed by atoms with E-state index in [0.29, 0.717) is 12.1 Å². The lowest BCUT2D eigenvalue weighted by atomic mass is 9.95. The maximum atomic E-state index is 12.4. The van der Waals surface area contributed by atoms with E-state index in [1.807, 2.05) is 6.92 Å². The molecule has 0 radical (unpaired) electrons. The van der Waals surface area contributed by atoms with E-state index < -0.39 is 16.0 Å². The number of aromatic carboxylic acids is 1. The van der Waals surface area contributed by atoms with Gasteiger partial charge in [-0.05, 0) is 44.4 Å². The number of nitrogens with one attached hydrogen (secondary N) is 2. The number of rotatable bonds is 7. The van der Waals surface area contributed by atoms with Crippen molar-refractivity contribution in [3.8, 4) is 0 Å². The fourth-order valence-electron chi connectivity index (χ4n) is 2.88. The summed E-state index contributed by atoms with van der Waals surface area (Å²) < 4.78 is 27.3. The molecule has 1 aromatic carbocycles. The molecular weight excluding hydrogens is 328 g/mol. The van der Waals surface area contributed by atoms with E-state index in [1.165, 1.54) is 18.6 Å². The summed E-state index contributed by atoms with van der Waals surface area (Å²) in [6.07, 6.45) is 6.15. The highest BCUT2D eigenvalue weighted by molar-refractivity contribution is 7.89. The molecule has 1 aliphatic carbocycles. The first-order chi connectivity index (χ1) is 11.3. The molecule has 0 bridgehead atoms. The largest absolute Gasteiger partial charge is 0.478 e. The van der Waals surface area contributed by atoms with E-state index in [-0.39, 0.29) is 22.5 Å². The zero-order valence-electron chi connectivity index (χ0n) is 14.2. The van der Waals surface area contributed by atoms with Crippen molar-refractivity contribution in [3.05, 3.63) is 23.8 Å². The Morgan fingerprint density at radius 3 is 2.54 bits per heavy atom. The third-order valence-corrected chi connectivity index (χ3v) is 6.05. The van der Waals surface area contributed by atoms with Gasteiger partial charge in [-0.3, -0.25) is 0 Å². The van der Waals surface area contributed by atoms with Crippen molar-refractivity contribution in [2.75, 3.05) is 5.32 Å². The van der Waals surface area contributed by atoms with Crippen molar-refractivity contribution < 1.29 is 18.3 Å².